The van der Waals surface area contributed by atoms with Crippen LogP contribution in [0.1, 0.15) is 52.9 Å². The van der Waals surface area contributed by atoms with Gasteiger partial charge < -0.3 is 0 Å². The summed E-state index contributed by atoms with van der Waals surface area (Å²) in [6.07, 6.45) is 6.45. The van der Waals surface area contributed by atoms with Crippen LogP contribution in [0.15, 0.2) is 0 Å². The average Bonchev–Trinajstić information content (AvgIpc) is 2.10. The summed E-state index contributed by atoms with van der Waals surface area (Å²) >= 11 is 0. The minimum absolute atomic E-state index is 1.17. The van der Waals surface area contributed by atoms with Crippen molar-refractivity contribution in [2.24, 2.45) is 0 Å². The number of rotatable bonds is 8. The molecule has 0 atom stereocenters. The van der Waals surface area contributed by atoms with Crippen molar-refractivity contribution in [1.82, 2.24) is 4.90 Å². The smallest absolute Gasteiger partial charge is 0.0248 e. The monoisotopic (exact) mass is 170 g/mol. The van der Waals surface area contributed by atoms with Crippen molar-refractivity contribution in [3.05, 3.63) is 6.54 Å². The van der Waals surface area contributed by atoms with Gasteiger partial charge in [0.05, 0.1) is 0 Å². The van der Waals surface area contributed by atoms with Crippen LogP contribution in [0.5, 0.6) is 0 Å². The van der Waals surface area contributed by atoms with Crippen LogP contribution >= 0.6 is 0 Å². The fraction of sp³-hybridized carbons (Fsp3) is 0.909. The first-order valence-corrected chi connectivity index (χ1v) is 5.42. The van der Waals surface area contributed by atoms with Gasteiger partial charge in [-0.2, -0.15) is 0 Å². The van der Waals surface area contributed by atoms with E-state index in [4.69, 9.17) is 0 Å². The first kappa shape index (κ1) is 12.0. The van der Waals surface area contributed by atoms with E-state index in [0.29, 0.717) is 0 Å². The molecule has 0 bridgehead atoms. The highest BCUT2D eigenvalue weighted by Crippen LogP contribution is 2.03. The Bertz CT molecular complexity index is 73.1. The summed E-state index contributed by atoms with van der Waals surface area (Å²) in [5.74, 6) is 0. The Morgan fingerprint density at radius 3 is 1.75 bits per heavy atom. The molecule has 0 fully saturated rings. The van der Waals surface area contributed by atoms with Crippen molar-refractivity contribution in [3.8, 4) is 0 Å². The minimum Gasteiger partial charge on any atom is -0.299 e. The van der Waals surface area contributed by atoms with Gasteiger partial charge in [0.1, 0.15) is 0 Å². The van der Waals surface area contributed by atoms with E-state index < -0.39 is 0 Å². The van der Waals surface area contributed by atoms with Crippen molar-refractivity contribution >= 4 is 0 Å². The minimum atomic E-state index is 1.17. The number of hydrogen-bond acceptors (Lipinski definition) is 1. The Labute approximate surface area is 78.1 Å². The fourth-order valence-corrected chi connectivity index (χ4v) is 1.27. The maximum Gasteiger partial charge on any atom is 0.0248 e. The molecule has 0 aromatic rings. The summed E-state index contributed by atoms with van der Waals surface area (Å²) in [5.41, 5.74) is 0. The Balaban J connectivity index is 3.40. The van der Waals surface area contributed by atoms with Crippen LogP contribution in [0.25, 0.3) is 0 Å². The summed E-state index contributed by atoms with van der Waals surface area (Å²) < 4.78 is 0. The van der Waals surface area contributed by atoms with Gasteiger partial charge in [0.25, 0.3) is 0 Å². The molecule has 0 aromatic heterocycles. The maximum absolute atomic E-state index is 2.48. The largest absolute Gasteiger partial charge is 0.299 e. The van der Waals surface area contributed by atoms with Gasteiger partial charge in [-0.1, -0.05) is 33.6 Å². The van der Waals surface area contributed by atoms with Gasteiger partial charge in [-0.25, -0.2) is 0 Å². The second kappa shape index (κ2) is 9.05. The second-order valence-corrected chi connectivity index (χ2v) is 3.33. The summed E-state index contributed by atoms with van der Waals surface area (Å²) in [5, 5.41) is 0. The molecule has 0 aliphatic heterocycles. The SMILES string of the molecule is CC[CH]N(CCCC)CCCC. The van der Waals surface area contributed by atoms with Gasteiger partial charge in [-0.3, -0.25) is 4.90 Å². The molecule has 0 unspecified atom stereocenters. The molecule has 0 aliphatic rings. The van der Waals surface area contributed by atoms with E-state index >= 15 is 0 Å². The quantitative estimate of drug-likeness (QED) is 0.539. The predicted molar refractivity (Wildman–Crippen MR) is 56.0 cm³/mol. The van der Waals surface area contributed by atoms with Crippen molar-refractivity contribution < 1.29 is 0 Å². The molecule has 1 nitrogen and oxygen atoms in total. The zero-order chi connectivity index (χ0) is 9.23. The third-order valence-corrected chi connectivity index (χ3v) is 2.04. The lowest BCUT2D eigenvalue weighted by atomic mass is 10.2. The van der Waals surface area contributed by atoms with E-state index in [9.17, 15) is 0 Å². The van der Waals surface area contributed by atoms with E-state index in [1.165, 1.54) is 45.2 Å². The molecule has 0 N–H and O–H groups in total. The van der Waals surface area contributed by atoms with Gasteiger partial charge in [0.15, 0.2) is 0 Å². The van der Waals surface area contributed by atoms with Gasteiger partial charge in [-0.05, 0) is 32.4 Å². The molecule has 0 amide bonds. The molecule has 0 rings (SSSR count). The van der Waals surface area contributed by atoms with Crippen molar-refractivity contribution in [2.75, 3.05) is 13.1 Å². The molecule has 73 valence electrons. The van der Waals surface area contributed by atoms with Crippen LogP contribution in [-0.4, -0.2) is 18.0 Å². The molecule has 12 heavy (non-hydrogen) atoms. The molecule has 0 spiro atoms. The van der Waals surface area contributed by atoms with E-state index in [2.05, 4.69) is 32.2 Å². The highest BCUT2D eigenvalue weighted by atomic mass is 15.1. The molecule has 1 radical (unpaired) electrons. The zero-order valence-electron chi connectivity index (χ0n) is 8.97. The molecule has 1 heteroatoms. The summed E-state index contributed by atoms with van der Waals surface area (Å²) in [6, 6.07) is 0. The first-order chi connectivity index (χ1) is 5.85. The fourth-order valence-electron chi connectivity index (χ4n) is 1.27. The Morgan fingerprint density at radius 1 is 0.917 bits per heavy atom. The Hall–Kier alpha value is -0.0400. The van der Waals surface area contributed by atoms with E-state index in [-0.39, 0.29) is 0 Å². The molecule has 0 aromatic carbocycles. The second-order valence-electron chi connectivity index (χ2n) is 3.33. The van der Waals surface area contributed by atoms with Crippen LogP contribution in [0, 0.1) is 6.54 Å². The molecule has 0 heterocycles. The van der Waals surface area contributed by atoms with E-state index in [1.807, 2.05) is 0 Å². The van der Waals surface area contributed by atoms with Crippen molar-refractivity contribution in [3.63, 3.8) is 0 Å². The first-order valence-electron chi connectivity index (χ1n) is 5.42. The van der Waals surface area contributed by atoms with E-state index in [0.717, 1.165) is 0 Å². The Morgan fingerprint density at radius 2 is 1.42 bits per heavy atom. The maximum atomic E-state index is 2.48. The number of nitrogens with zero attached hydrogens (tertiary/aromatic N) is 1. The summed E-state index contributed by atoms with van der Waals surface area (Å²) in [4.78, 5) is 2.48. The molecule has 0 aliphatic carbocycles. The van der Waals surface area contributed by atoms with Gasteiger partial charge in [0.2, 0.25) is 0 Å². The van der Waals surface area contributed by atoms with Crippen molar-refractivity contribution in [1.29, 1.82) is 0 Å². The summed E-state index contributed by atoms with van der Waals surface area (Å²) in [6.45, 7) is 11.6. The number of hydrogen-bond donors (Lipinski definition) is 0. The van der Waals surface area contributed by atoms with Crippen LogP contribution in [-0.2, 0) is 0 Å². The average molecular weight is 170 g/mol. The molecular formula is C11H24N. The van der Waals surface area contributed by atoms with Crippen LogP contribution in [0.4, 0.5) is 0 Å². The van der Waals surface area contributed by atoms with Gasteiger partial charge in [-0.15, -0.1) is 0 Å². The normalized spacial score (nSPS) is 11.0. The standard InChI is InChI=1S/C11H24N/c1-4-7-10-12(9-6-3)11-8-5-2/h9H,4-8,10-11H2,1-3H3. The lowest BCUT2D eigenvalue weighted by molar-refractivity contribution is 0.315. The Kier molecular flexibility index (Phi) is 9.02. The highest BCUT2D eigenvalue weighted by Gasteiger charge is 2.01. The zero-order valence-corrected chi connectivity index (χ0v) is 8.97. The third kappa shape index (κ3) is 6.66. The van der Waals surface area contributed by atoms with E-state index in [1.54, 1.807) is 0 Å². The topological polar surface area (TPSA) is 3.24 Å². The van der Waals surface area contributed by atoms with Crippen LogP contribution in [0.3, 0.4) is 0 Å². The lowest BCUT2D eigenvalue weighted by Gasteiger charge is -2.20. The highest BCUT2D eigenvalue weighted by molar-refractivity contribution is 4.66. The summed E-state index contributed by atoms with van der Waals surface area (Å²) in [7, 11) is 0. The lowest BCUT2D eigenvalue weighted by Crippen LogP contribution is -2.22. The van der Waals surface area contributed by atoms with Crippen molar-refractivity contribution in [2.45, 2.75) is 52.9 Å². The predicted octanol–water partition coefficient (Wildman–Crippen LogP) is 3.46. The van der Waals surface area contributed by atoms with Crippen LogP contribution < -0.4 is 0 Å². The van der Waals surface area contributed by atoms with Gasteiger partial charge >= 0.3 is 0 Å². The molecule has 0 saturated carbocycles. The number of unbranched alkanes of at least 4 members (excludes halogenated alkanes) is 2. The van der Waals surface area contributed by atoms with Gasteiger partial charge in [0, 0.05) is 6.54 Å². The van der Waals surface area contributed by atoms with Crippen LogP contribution in [0.2, 0.25) is 0 Å². The third-order valence-electron chi connectivity index (χ3n) is 2.04. The molecule has 0 saturated heterocycles. The molecular weight excluding hydrogens is 146 g/mol.